The molecule has 8 aromatic carbocycles. The molecule has 1 fully saturated rings. The molecule has 0 saturated carbocycles. The number of nitrogens with zero attached hydrogens (tertiary/aromatic N) is 1. The Morgan fingerprint density at radius 1 is 0.409 bits per heavy atom. The first kappa shape index (κ1) is 90.7. The maximum Gasteiger partial charge on any atom is 0.312 e. The van der Waals surface area contributed by atoms with Gasteiger partial charge in [-0.2, -0.15) is 0 Å². The first-order valence-electron chi connectivity index (χ1n) is 37.2. The molecule has 110 heavy (non-hydrogen) atoms. The molecule has 18 heteroatoms. The molecule has 0 aliphatic carbocycles. The molecule has 0 radical (unpaired) electrons. The van der Waals surface area contributed by atoms with Crippen LogP contribution >= 0.6 is 0 Å². The molecule has 0 aromatic heterocycles. The highest BCUT2D eigenvalue weighted by Crippen LogP contribution is 2.53. The Morgan fingerprint density at radius 2 is 0.673 bits per heavy atom. The number of aryl methyl sites for hydroxylation is 4. The van der Waals surface area contributed by atoms with Crippen molar-refractivity contribution in [1.29, 1.82) is 0 Å². The Kier molecular flexibility index (Phi) is 34.0. The highest BCUT2D eigenvalue weighted by Gasteiger charge is 2.47. The third-order valence-corrected chi connectivity index (χ3v) is 20.3. The maximum absolute atomic E-state index is 14.0. The standard InChI is InChI=1S/C27H37NO3.C21H26O4.C20H24O4.C16H18O3.C8H18O2Si/c1-18-14-22(30-6)24(23(15-18)31-7)25(21-11-9-8-10-12-21)27(4,5)26(29)28-16-19(2)13-20(3)17-28;1-14-12-16(23-4)18(17(13-14)24-5)19(15-10-8-7-9-11-15)21(2,3)20(22)25-6;1-13-11-15(23-4)17(16(12-13)24-5)18(20(2,3)19(21)22)14-9-7-6-8-10-14;1-11-9-13(18-2)15(14(10-11)19-3)16(17)12-7-5-4-6-8-12;1-7(2)8(9-3)10-11(4,5)6/h8-12,14-15,19-20,25H,13,16-17H2,1-7H3;7-13,19H,1-6H3;6-12,18H,1-5H3,(H,21,22);4-10,16-17H,1-3H3;1-6H3. The fourth-order valence-corrected chi connectivity index (χ4v) is 15.3. The van der Waals surface area contributed by atoms with Crippen LogP contribution in [-0.2, 0) is 28.3 Å². The van der Waals surface area contributed by atoms with Crippen LogP contribution < -0.4 is 37.9 Å². The zero-order valence-corrected chi connectivity index (χ0v) is 71.3. The van der Waals surface area contributed by atoms with Gasteiger partial charge in [-0.25, -0.2) is 0 Å². The van der Waals surface area contributed by atoms with E-state index in [1.54, 1.807) is 77.8 Å². The van der Waals surface area contributed by atoms with Crippen LogP contribution in [0.25, 0.3) is 0 Å². The van der Waals surface area contributed by atoms with Gasteiger partial charge in [0.1, 0.15) is 52.1 Å². The van der Waals surface area contributed by atoms with E-state index in [4.69, 9.17) is 51.8 Å². The van der Waals surface area contributed by atoms with Crippen LogP contribution in [0.15, 0.2) is 181 Å². The van der Waals surface area contributed by atoms with Crippen LogP contribution in [0.4, 0.5) is 0 Å². The number of aliphatic hydroxyl groups is 1. The zero-order valence-electron chi connectivity index (χ0n) is 70.3. The van der Waals surface area contributed by atoms with E-state index < -0.39 is 42.6 Å². The summed E-state index contributed by atoms with van der Waals surface area (Å²) < 4.78 is 60.6. The van der Waals surface area contributed by atoms with Crippen LogP contribution in [0.5, 0.6) is 46.0 Å². The quantitative estimate of drug-likeness (QED) is 0.0311. The van der Waals surface area contributed by atoms with Crippen molar-refractivity contribution in [3.05, 3.63) is 248 Å². The fourth-order valence-electron chi connectivity index (χ4n) is 14.5. The number of hydrogen-bond donors (Lipinski definition) is 2. The van der Waals surface area contributed by atoms with Gasteiger partial charge in [0.25, 0.3) is 5.95 Å². The number of carboxylic acids is 1. The number of hydrogen-bond acceptors (Lipinski definition) is 15. The summed E-state index contributed by atoms with van der Waals surface area (Å²) in [5.41, 5.74) is 9.64. The summed E-state index contributed by atoms with van der Waals surface area (Å²) in [4.78, 5) is 40.7. The van der Waals surface area contributed by atoms with Gasteiger partial charge in [0.05, 0.1) is 92.9 Å². The van der Waals surface area contributed by atoms with Crippen molar-refractivity contribution >= 4 is 26.2 Å². The summed E-state index contributed by atoms with van der Waals surface area (Å²) in [6, 6.07) is 54.8. The maximum atomic E-state index is 14.0. The topological polar surface area (TPSA) is 196 Å². The summed E-state index contributed by atoms with van der Waals surface area (Å²) in [5, 5.41) is 20.4. The Labute approximate surface area is 657 Å². The molecule has 1 aliphatic heterocycles. The second-order valence-corrected chi connectivity index (χ2v) is 35.4. The van der Waals surface area contributed by atoms with E-state index in [9.17, 15) is 24.6 Å². The fraction of sp³-hybridized carbons (Fsp3) is 0.424. The normalized spacial score (nSPS) is 14.4. The van der Waals surface area contributed by atoms with Gasteiger partial charge >= 0.3 is 11.9 Å². The summed E-state index contributed by atoms with van der Waals surface area (Å²) in [7, 11) is 14.6. The number of methoxy groups -OCH3 is 10. The molecule has 0 spiro atoms. The van der Waals surface area contributed by atoms with E-state index in [0.29, 0.717) is 57.8 Å². The molecule has 0 bridgehead atoms. The summed E-state index contributed by atoms with van der Waals surface area (Å²) >= 11 is 0. The Hall–Kier alpha value is -9.91. The number of rotatable bonds is 25. The zero-order chi connectivity index (χ0) is 82.2. The highest BCUT2D eigenvalue weighted by molar-refractivity contribution is 6.70. The van der Waals surface area contributed by atoms with Crippen LogP contribution in [-0.4, -0.2) is 125 Å². The Balaban J connectivity index is 0.000000254. The lowest BCUT2D eigenvalue weighted by Crippen LogP contribution is -2.50. The predicted octanol–water partition coefficient (Wildman–Crippen LogP) is 20.1. The average molecular weight is 1530 g/mol. The van der Waals surface area contributed by atoms with E-state index in [2.05, 4.69) is 64.4 Å². The number of carbonyl (C=O) groups excluding carboxylic acids is 2. The van der Waals surface area contributed by atoms with Crippen molar-refractivity contribution in [3.63, 3.8) is 0 Å². The lowest BCUT2D eigenvalue weighted by Gasteiger charge is -2.43. The van der Waals surface area contributed by atoms with Crippen LogP contribution in [0.3, 0.4) is 0 Å². The van der Waals surface area contributed by atoms with Crippen LogP contribution in [0.1, 0.15) is 166 Å². The monoisotopic (exact) mass is 1530 g/mol. The largest absolute Gasteiger partial charge is 0.520 e. The number of aliphatic hydroxyl groups excluding tert-OH is 1. The van der Waals surface area contributed by atoms with Crippen molar-refractivity contribution in [2.24, 2.45) is 28.1 Å². The number of carboxylic acid groups (broad SMARTS) is 1. The van der Waals surface area contributed by atoms with Gasteiger partial charge in [0.15, 0.2) is 0 Å². The SMILES string of the molecule is COC(=O)C(C)(C)C(c1ccccc1)c1c(OC)cc(C)cc1OC.COC(O[Si](C)(C)C)=C(C)C.COc1cc(C)cc(OC)c1C(O)c1ccccc1.COc1cc(C)cc(OC)c1C(c1ccccc1)C(C)(C)C(=O)N1CC(C)CC(C)C1.COc1cc(C)cc(OC)c1C(c1ccccc1)C(C)(C)C(=O)O. The molecule has 9 rings (SSSR count). The number of likely N-dealkylation sites (tertiary alicyclic amines) is 1. The lowest BCUT2D eigenvalue weighted by molar-refractivity contribution is -0.151. The van der Waals surface area contributed by atoms with Crippen molar-refractivity contribution in [1.82, 2.24) is 4.90 Å². The van der Waals surface area contributed by atoms with Gasteiger partial charge in [-0.15, -0.1) is 0 Å². The van der Waals surface area contributed by atoms with Crippen molar-refractivity contribution in [2.45, 2.75) is 147 Å². The third kappa shape index (κ3) is 23.3. The number of amides is 1. The smallest absolute Gasteiger partial charge is 0.312 e. The van der Waals surface area contributed by atoms with E-state index in [1.807, 2.05) is 213 Å². The molecule has 8 aromatic rings. The minimum Gasteiger partial charge on any atom is -0.520 e. The minimum atomic E-state index is -1.49. The molecule has 1 saturated heterocycles. The van der Waals surface area contributed by atoms with Crippen LogP contribution in [0, 0.1) is 55.8 Å². The van der Waals surface area contributed by atoms with Gasteiger partial charge in [-0.1, -0.05) is 149 Å². The summed E-state index contributed by atoms with van der Waals surface area (Å²) in [6.45, 7) is 35.8. The summed E-state index contributed by atoms with van der Waals surface area (Å²) in [6.07, 6.45) is 0.401. The minimum absolute atomic E-state index is 0.185. The van der Waals surface area contributed by atoms with Gasteiger partial charge in [0.2, 0.25) is 14.2 Å². The lowest BCUT2D eigenvalue weighted by atomic mass is 9.69. The highest BCUT2D eigenvalue weighted by atomic mass is 28.4. The first-order valence-corrected chi connectivity index (χ1v) is 40.6. The van der Waals surface area contributed by atoms with Crippen molar-refractivity contribution < 1.29 is 76.4 Å². The number of ether oxygens (including phenoxy) is 10. The molecule has 6 unspecified atom stereocenters. The molecular formula is C92H123NO16Si. The van der Waals surface area contributed by atoms with E-state index in [0.717, 1.165) is 91.4 Å². The van der Waals surface area contributed by atoms with Gasteiger partial charge in [0, 0.05) is 53.1 Å². The number of benzene rings is 8. The molecule has 1 aliphatic rings. The van der Waals surface area contributed by atoms with Crippen molar-refractivity contribution in [3.8, 4) is 46.0 Å². The van der Waals surface area contributed by atoms with Gasteiger partial charge < -0.3 is 66.9 Å². The second kappa shape index (κ2) is 41.2. The third-order valence-electron chi connectivity index (χ3n) is 19.5. The molecule has 1 amide bonds. The average Bonchev–Trinajstić information content (AvgIpc) is 0.766. The molecular weight excluding hydrogens is 1400 g/mol. The molecule has 17 nitrogen and oxygen atoms in total. The Bertz CT molecular complexity index is 4170. The second-order valence-electron chi connectivity index (χ2n) is 31.0. The number of piperidine rings is 1. The number of esters is 1. The summed E-state index contributed by atoms with van der Waals surface area (Å²) in [5.74, 6) is 5.27. The van der Waals surface area contributed by atoms with Crippen LogP contribution in [0.2, 0.25) is 19.6 Å². The van der Waals surface area contributed by atoms with E-state index >= 15 is 0 Å². The predicted molar refractivity (Wildman–Crippen MR) is 443 cm³/mol. The molecule has 6 atom stereocenters. The number of carbonyl (C=O) groups is 3. The first-order chi connectivity index (χ1) is 51.9. The number of aliphatic carboxylic acids is 1. The van der Waals surface area contributed by atoms with E-state index in [-0.39, 0.29) is 23.7 Å². The molecule has 596 valence electrons. The van der Waals surface area contributed by atoms with E-state index in [1.165, 1.54) is 13.5 Å². The Morgan fingerprint density at radius 3 is 0.909 bits per heavy atom. The van der Waals surface area contributed by atoms with Gasteiger partial charge in [-0.05, 0) is 200 Å². The number of allylic oxidation sites excluding steroid dienone is 1. The van der Waals surface area contributed by atoms with Crippen molar-refractivity contribution in [2.75, 3.05) is 84.2 Å². The molecule has 1 heterocycles. The molecule has 2 N–H and O–H groups in total. The van der Waals surface area contributed by atoms with Gasteiger partial charge in [-0.3, -0.25) is 14.4 Å².